The van der Waals surface area contributed by atoms with Crippen molar-refractivity contribution in [2.24, 2.45) is 0 Å². The molecule has 8 nitrogen and oxygen atoms in total. The number of nitrogens with zero attached hydrogens (tertiary/aromatic N) is 4. The number of quaternary nitrogens is 2. The number of hydrogen-bond acceptors (Lipinski definition) is 4. The zero-order chi connectivity index (χ0) is 34.1. The SMILES string of the molecule is CC[N+](C)(CC)CCCN1C(=O)c2ccc3c4ccc5c6c(ccc(c7ccc(c2c37)C1=O)c64)C(=O)N(CCC[N+](C)(CC)CC)C5=O.[I-].[I-]. The molecular formula is C40H46I2N4O4. The molecule has 5 aromatic rings. The monoisotopic (exact) mass is 900 g/mol. The molecule has 2 aliphatic rings. The standard InChI is InChI=1S/C40H46N4O4.2HI/c1-7-43(5,8-2)23-11-21-41-37(45)29-17-13-25-27-15-19-31-36-32(40(48)42(39(31)47)22-12-24-44(6,9-3)10-4)20-16-28(34(27)36)26-14-18-30(38(41)46)35(29)33(25)26;;/h13-20H,7-12,21-24H2,1-6H3;2*1H/q+2;;/p-2. The predicted molar refractivity (Wildman–Crippen MR) is 192 cm³/mol. The van der Waals surface area contributed by atoms with Crippen molar-refractivity contribution in [2.75, 3.05) is 66.5 Å². The van der Waals surface area contributed by atoms with Crippen LogP contribution in [0.4, 0.5) is 0 Å². The van der Waals surface area contributed by atoms with E-state index in [1.807, 2.05) is 48.5 Å². The highest BCUT2D eigenvalue weighted by atomic mass is 127. The summed E-state index contributed by atoms with van der Waals surface area (Å²) < 4.78 is 1.80. The van der Waals surface area contributed by atoms with E-state index in [-0.39, 0.29) is 71.6 Å². The molecular weight excluding hydrogens is 854 g/mol. The molecule has 0 spiro atoms. The number of hydrogen-bond donors (Lipinski definition) is 0. The Balaban J connectivity index is 0.00000243. The van der Waals surface area contributed by atoms with Crippen LogP contribution in [0, 0.1) is 0 Å². The minimum absolute atomic E-state index is 0. The van der Waals surface area contributed by atoms with Gasteiger partial charge in [-0.25, -0.2) is 0 Å². The number of carbonyl (C=O) groups is 4. The van der Waals surface area contributed by atoms with Gasteiger partial charge in [-0.2, -0.15) is 0 Å². The Morgan fingerprint density at radius 3 is 0.940 bits per heavy atom. The number of imide groups is 2. The summed E-state index contributed by atoms with van der Waals surface area (Å²) in [6.45, 7) is 15.3. The quantitative estimate of drug-likeness (QED) is 0.0609. The lowest BCUT2D eigenvalue weighted by Crippen LogP contribution is -3.00. The Kier molecular flexibility index (Phi) is 10.9. The summed E-state index contributed by atoms with van der Waals surface area (Å²) in [6, 6.07) is 15.3. The Morgan fingerprint density at radius 2 is 0.700 bits per heavy atom. The van der Waals surface area contributed by atoms with Gasteiger partial charge in [-0.05, 0) is 84.3 Å². The molecule has 0 saturated carbocycles. The van der Waals surface area contributed by atoms with Crippen molar-refractivity contribution < 1.29 is 76.1 Å². The third-order valence-corrected chi connectivity index (χ3v) is 12.0. The van der Waals surface area contributed by atoms with Gasteiger partial charge in [0.2, 0.25) is 0 Å². The first-order valence-electron chi connectivity index (χ1n) is 17.6. The molecule has 2 aliphatic heterocycles. The molecule has 0 radical (unpaired) electrons. The van der Waals surface area contributed by atoms with E-state index in [1.165, 1.54) is 9.80 Å². The first-order chi connectivity index (χ1) is 23.0. The average molecular weight is 901 g/mol. The van der Waals surface area contributed by atoms with Gasteiger partial charge < -0.3 is 56.9 Å². The molecule has 5 aromatic carbocycles. The highest BCUT2D eigenvalue weighted by molar-refractivity contribution is 6.41. The Labute approximate surface area is 328 Å². The van der Waals surface area contributed by atoms with Gasteiger partial charge in [0.25, 0.3) is 23.6 Å². The lowest BCUT2D eigenvalue weighted by molar-refractivity contribution is -0.906. The minimum Gasteiger partial charge on any atom is -1.00 e. The highest BCUT2D eigenvalue weighted by Gasteiger charge is 2.37. The molecule has 4 amide bonds. The summed E-state index contributed by atoms with van der Waals surface area (Å²) in [5, 5.41) is 6.79. The van der Waals surface area contributed by atoms with Gasteiger partial charge in [0.05, 0.1) is 53.4 Å². The van der Waals surface area contributed by atoms with Gasteiger partial charge in [-0.15, -0.1) is 0 Å². The number of carbonyl (C=O) groups excluding carboxylic acids is 4. The molecule has 0 aliphatic carbocycles. The van der Waals surface area contributed by atoms with Crippen LogP contribution in [0.15, 0.2) is 48.5 Å². The minimum atomic E-state index is -0.247. The first-order valence-corrected chi connectivity index (χ1v) is 17.6. The second-order valence-electron chi connectivity index (χ2n) is 14.3. The Hall–Kier alpha value is -2.94. The van der Waals surface area contributed by atoms with Crippen molar-refractivity contribution in [1.82, 2.24) is 9.80 Å². The molecule has 0 atom stereocenters. The van der Waals surface area contributed by atoms with Crippen LogP contribution in [0.5, 0.6) is 0 Å². The van der Waals surface area contributed by atoms with Crippen LogP contribution in [0.1, 0.15) is 82.0 Å². The van der Waals surface area contributed by atoms with E-state index in [2.05, 4.69) is 41.8 Å². The maximum absolute atomic E-state index is 13.9. The van der Waals surface area contributed by atoms with Gasteiger partial charge >= 0.3 is 0 Å². The third-order valence-electron chi connectivity index (χ3n) is 12.0. The smallest absolute Gasteiger partial charge is 0.261 e. The zero-order valence-corrected chi connectivity index (χ0v) is 34.2. The van der Waals surface area contributed by atoms with Crippen LogP contribution >= 0.6 is 0 Å². The van der Waals surface area contributed by atoms with E-state index in [1.54, 1.807) is 0 Å². The topological polar surface area (TPSA) is 74.8 Å². The van der Waals surface area contributed by atoms with Gasteiger partial charge in [-0.3, -0.25) is 29.0 Å². The molecule has 7 rings (SSSR count). The van der Waals surface area contributed by atoms with Gasteiger partial charge in [-0.1, -0.05) is 24.3 Å². The second kappa shape index (κ2) is 14.2. The number of halogens is 2. The lowest BCUT2D eigenvalue weighted by Gasteiger charge is -2.34. The molecule has 10 heteroatoms. The molecule has 0 fully saturated rings. The van der Waals surface area contributed by atoms with Gasteiger partial charge in [0.1, 0.15) is 0 Å². The number of rotatable bonds is 12. The fourth-order valence-electron chi connectivity index (χ4n) is 8.07. The van der Waals surface area contributed by atoms with Gasteiger partial charge in [0, 0.05) is 59.0 Å². The van der Waals surface area contributed by atoms with E-state index in [4.69, 9.17) is 0 Å². The fraction of sp³-hybridized carbons (Fsp3) is 0.400. The van der Waals surface area contributed by atoms with Crippen molar-refractivity contribution >= 4 is 66.7 Å². The van der Waals surface area contributed by atoms with Gasteiger partial charge in [0.15, 0.2) is 0 Å². The molecule has 264 valence electrons. The van der Waals surface area contributed by atoms with Crippen molar-refractivity contribution in [2.45, 2.75) is 40.5 Å². The van der Waals surface area contributed by atoms with Crippen LogP contribution in [0.25, 0.3) is 43.1 Å². The summed E-state index contributed by atoms with van der Waals surface area (Å²) >= 11 is 0. The first kappa shape index (κ1) is 38.3. The Morgan fingerprint density at radius 1 is 0.440 bits per heavy atom. The van der Waals surface area contributed by atoms with E-state index in [0.29, 0.717) is 46.1 Å². The second-order valence-corrected chi connectivity index (χ2v) is 14.3. The molecule has 0 unspecified atom stereocenters. The largest absolute Gasteiger partial charge is 1.00 e. The normalized spacial score (nSPS) is 14.8. The molecule has 0 N–H and O–H groups in total. The summed E-state index contributed by atoms with van der Waals surface area (Å²) in [6.07, 6.45) is 1.49. The maximum Gasteiger partial charge on any atom is 0.261 e. The van der Waals surface area contributed by atoms with E-state index >= 15 is 0 Å². The number of fused-ring (bicyclic) bond motifs is 2. The van der Waals surface area contributed by atoms with Crippen molar-refractivity contribution in [3.8, 4) is 0 Å². The molecule has 0 saturated heterocycles. The summed E-state index contributed by atoms with van der Waals surface area (Å²) in [5.41, 5.74) is 2.18. The van der Waals surface area contributed by atoms with Crippen LogP contribution in [-0.4, -0.2) is 109 Å². The molecule has 50 heavy (non-hydrogen) atoms. The summed E-state index contributed by atoms with van der Waals surface area (Å²) in [4.78, 5) is 58.4. The lowest BCUT2D eigenvalue weighted by atomic mass is 9.82. The molecule has 0 bridgehead atoms. The van der Waals surface area contributed by atoms with Crippen molar-refractivity contribution in [1.29, 1.82) is 0 Å². The van der Waals surface area contributed by atoms with Crippen molar-refractivity contribution in [3.05, 3.63) is 70.8 Å². The van der Waals surface area contributed by atoms with Crippen LogP contribution in [0.3, 0.4) is 0 Å². The maximum atomic E-state index is 13.9. The van der Waals surface area contributed by atoms with Crippen LogP contribution in [-0.2, 0) is 0 Å². The van der Waals surface area contributed by atoms with Crippen LogP contribution < -0.4 is 48.0 Å². The summed E-state index contributed by atoms with van der Waals surface area (Å²) in [5.74, 6) is -0.990. The molecule has 0 aromatic heterocycles. The predicted octanol–water partition coefficient (Wildman–Crippen LogP) is 0.690. The van der Waals surface area contributed by atoms with E-state index in [9.17, 15) is 19.2 Å². The fourth-order valence-corrected chi connectivity index (χ4v) is 8.07. The van der Waals surface area contributed by atoms with E-state index in [0.717, 1.165) is 93.4 Å². The summed E-state index contributed by atoms with van der Waals surface area (Å²) in [7, 11) is 4.42. The van der Waals surface area contributed by atoms with Crippen LogP contribution in [0.2, 0.25) is 0 Å². The van der Waals surface area contributed by atoms with Crippen molar-refractivity contribution in [3.63, 3.8) is 0 Å². The zero-order valence-electron chi connectivity index (χ0n) is 29.9. The average Bonchev–Trinajstić information content (AvgIpc) is 3.11. The third kappa shape index (κ3) is 5.78. The Bertz CT molecular complexity index is 1900. The number of benzene rings is 5. The highest BCUT2D eigenvalue weighted by Crippen LogP contribution is 2.46. The molecule has 2 heterocycles. The number of amides is 4. The van der Waals surface area contributed by atoms with E-state index < -0.39 is 0 Å².